The van der Waals surface area contributed by atoms with Gasteiger partial charge in [-0.15, -0.1) is 0 Å². The van der Waals surface area contributed by atoms with Gasteiger partial charge in [0.2, 0.25) is 0 Å². The van der Waals surface area contributed by atoms with Crippen LogP contribution in [-0.4, -0.2) is 27.2 Å². The van der Waals surface area contributed by atoms with Crippen molar-refractivity contribution in [1.29, 1.82) is 0 Å². The molecule has 28 heavy (non-hydrogen) atoms. The SMILES string of the molecule is Cc1nn(-c2ccccc2)c2nc3c(c(-c4ccc(F)cc4)c12)C(=O)NCC3. The minimum Gasteiger partial charge on any atom is -0.352 e. The Kier molecular flexibility index (Phi) is 3.72. The molecule has 1 amide bonds. The number of benzene rings is 2. The molecule has 1 aliphatic rings. The lowest BCUT2D eigenvalue weighted by atomic mass is 9.92. The van der Waals surface area contributed by atoms with Crippen LogP contribution in [0.3, 0.4) is 0 Å². The maximum Gasteiger partial charge on any atom is 0.253 e. The zero-order valence-electron chi connectivity index (χ0n) is 15.2. The van der Waals surface area contributed by atoms with E-state index in [0.717, 1.165) is 33.6 Å². The molecular formula is C22H17FN4O. The molecule has 0 saturated carbocycles. The summed E-state index contributed by atoms with van der Waals surface area (Å²) in [5.41, 5.74) is 5.21. The van der Waals surface area contributed by atoms with Crippen molar-refractivity contribution in [2.24, 2.45) is 0 Å². The third kappa shape index (κ3) is 2.49. The van der Waals surface area contributed by atoms with Crippen LogP contribution in [0.15, 0.2) is 54.6 Å². The molecule has 5 nitrogen and oxygen atoms in total. The summed E-state index contributed by atoms with van der Waals surface area (Å²) in [5, 5.41) is 8.42. The van der Waals surface area contributed by atoms with Gasteiger partial charge in [-0.2, -0.15) is 5.10 Å². The highest BCUT2D eigenvalue weighted by Gasteiger charge is 2.28. The Hall–Kier alpha value is -3.54. The van der Waals surface area contributed by atoms with Crippen molar-refractivity contribution in [3.05, 3.63) is 77.4 Å². The van der Waals surface area contributed by atoms with Gasteiger partial charge in [-0.3, -0.25) is 4.79 Å². The normalized spacial score (nSPS) is 13.4. The van der Waals surface area contributed by atoms with Gasteiger partial charge in [-0.25, -0.2) is 14.1 Å². The van der Waals surface area contributed by atoms with Gasteiger partial charge in [0.25, 0.3) is 5.91 Å². The van der Waals surface area contributed by atoms with Crippen LogP contribution in [0.2, 0.25) is 0 Å². The molecule has 2 aromatic carbocycles. The molecule has 138 valence electrons. The molecule has 1 aliphatic heterocycles. The smallest absolute Gasteiger partial charge is 0.253 e. The number of pyridine rings is 1. The molecule has 4 aromatic rings. The number of halogens is 1. The molecule has 1 N–H and O–H groups in total. The lowest BCUT2D eigenvalue weighted by Crippen LogP contribution is -2.33. The van der Waals surface area contributed by atoms with Crippen LogP contribution in [0.25, 0.3) is 27.8 Å². The summed E-state index contributed by atoms with van der Waals surface area (Å²) in [6.45, 7) is 2.45. The second kappa shape index (κ2) is 6.27. The van der Waals surface area contributed by atoms with Crippen LogP contribution < -0.4 is 5.32 Å². The molecule has 0 atom stereocenters. The number of carbonyl (C=O) groups excluding carboxylic acids is 1. The zero-order valence-corrected chi connectivity index (χ0v) is 15.2. The van der Waals surface area contributed by atoms with Gasteiger partial charge in [0.1, 0.15) is 5.82 Å². The molecule has 0 bridgehead atoms. The summed E-state index contributed by atoms with van der Waals surface area (Å²) < 4.78 is 15.3. The number of para-hydroxylation sites is 1. The van der Waals surface area contributed by atoms with Crippen molar-refractivity contribution < 1.29 is 9.18 Å². The van der Waals surface area contributed by atoms with Gasteiger partial charge < -0.3 is 5.32 Å². The molecule has 0 unspecified atom stereocenters. The van der Waals surface area contributed by atoms with Crippen LogP contribution in [0.1, 0.15) is 21.7 Å². The molecule has 0 spiro atoms. The number of carbonyl (C=O) groups is 1. The van der Waals surface area contributed by atoms with Crippen LogP contribution in [-0.2, 0) is 6.42 Å². The fourth-order valence-corrected chi connectivity index (χ4v) is 3.83. The second-order valence-electron chi connectivity index (χ2n) is 6.85. The number of rotatable bonds is 2. The van der Waals surface area contributed by atoms with Gasteiger partial charge in [-0.1, -0.05) is 30.3 Å². The Morgan fingerprint density at radius 3 is 2.54 bits per heavy atom. The fraction of sp³-hybridized carbons (Fsp3) is 0.136. The van der Waals surface area contributed by atoms with Gasteiger partial charge in [-0.05, 0) is 36.8 Å². The fourth-order valence-electron chi connectivity index (χ4n) is 3.83. The lowest BCUT2D eigenvalue weighted by molar-refractivity contribution is 0.0946. The van der Waals surface area contributed by atoms with Gasteiger partial charge >= 0.3 is 0 Å². The highest BCUT2D eigenvalue weighted by atomic mass is 19.1. The van der Waals surface area contributed by atoms with E-state index < -0.39 is 0 Å². The van der Waals surface area contributed by atoms with E-state index in [-0.39, 0.29) is 11.7 Å². The Morgan fingerprint density at radius 2 is 1.79 bits per heavy atom. The number of hydrogen-bond donors (Lipinski definition) is 1. The maximum absolute atomic E-state index is 13.5. The lowest BCUT2D eigenvalue weighted by Gasteiger charge is -2.20. The van der Waals surface area contributed by atoms with E-state index >= 15 is 0 Å². The average Bonchev–Trinajstić information content (AvgIpc) is 3.04. The van der Waals surface area contributed by atoms with E-state index in [1.165, 1.54) is 12.1 Å². The van der Waals surface area contributed by atoms with Gasteiger partial charge in [0.15, 0.2) is 5.65 Å². The first kappa shape index (κ1) is 16.6. The molecule has 5 rings (SSSR count). The molecule has 0 radical (unpaired) electrons. The summed E-state index contributed by atoms with van der Waals surface area (Å²) in [4.78, 5) is 17.6. The van der Waals surface area contributed by atoms with E-state index in [9.17, 15) is 9.18 Å². The van der Waals surface area contributed by atoms with E-state index in [1.54, 1.807) is 12.1 Å². The van der Waals surface area contributed by atoms with Crippen molar-refractivity contribution in [3.63, 3.8) is 0 Å². The standard InChI is InChI=1S/C22H17FN4O/c1-13-18-19(14-7-9-15(23)10-8-14)20-17(11-12-24-22(20)28)25-21(18)27(26-13)16-5-3-2-4-6-16/h2-10H,11-12H2,1H3,(H,24,28). The van der Waals surface area contributed by atoms with Crippen LogP contribution in [0.5, 0.6) is 0 Å². The van der Waals surface area contributed by atoms with Gasteiger partial charge in [0.05, 0.1) is 28.0 Å². The Bertz CT molecular complexity index is 1210. The number of amides is 1. The van der Waals surface area contributed by atoms with Crippen molar-refractivity contribution in [3.8, 4) is 16.8 Å². The van der Waals surface area contributed by atoms with Crippen molar-refractivity contribution in [2.75, 3.05) is 6.54 Å². The summed E-state index contributed by atoms with van der Waals surface area (Å²) >= 11 is 0. The highest BCUT2D eigenvalue weighted by Crippen LogP contribution is 2.37. The topological polar surface area (TPSA) is 59.8 Å². The Labute approximate surface area is 160 Å². The van der Waals surface area contributed by atoms with Crippen LogP contribution in [0, 0.1) is 12.7 Å². The highest BCUT2D eigenvalue weighted by molar-refractivity contribution is 6.10. The Balaban J connectivity index is 1.90. The van der Waals surface area contributed by atoms with Crippen molar-refractivity contribution >= 4 is 16.9 Å². The van der Waals surface area contributed by atoms with Crippen LogP contribution in [0.4, 0.5) is 4.39 Å². The minimum atomic E-state index is -0.316. The quantitative estimate of drug-likeness (QED) is 0.582. The predicted octanol–water partition coefficient (Wildman–Crippen LogP) is 3.82. The first-order valence-corrected chi connectivity index (χ1v) is 9.15. The summed E-state index contributed by atoms with van der Waals surface area (Å²) in [5.74, 6) is -0.467. The Morgan fingerprint density at radius 1 is 1.04 bits per heavy atom. The van der Waals surface area contributed by atoms with E-state index in [4.69, 9.17) is 10.1 Å². The number of hydrogen-bond acceptors (Lipinski definition) is 3. The summed E-state index contributed by atoms with van der Waals surface area (Å²) in [6, 6.07) is 16.0. The summed E-state index contributed by atoms with van der Waals surface area (Å²) in [6.07, 6.45) is 0.643. The molecule has 0 fully saturated rings. The molecular weight excluding hydrogens is 355 g/mol. The number of fused-ring (bicyclic) bond motifs is 2. The maximum atomic E-state index is 13.5. The number of aromatic nitrogens is 3. The first-order chi connectivity index (χ1) is 13.6. The number of aryl methyl sites for hydroxylation is 1. The third-order valence-corrected chi connectivity index (χ3v) is 5.07. The van der Waals surface area contributed by atoms with Gasteiger partial charge in [0, 0.05) is 18.5 Å². The van der Waals surface area contributed by atoms with E-state index in [2.05, 4.69) is 5.32 Å². The van der Waals surface area contributed by atoms with E-state index in [1.807, 2.05) is 41.9 Å². The van der Waals surface area contributed by atoms with Crippen molar-refractivity contribution in [1.82, 2.24) is 20.1 Å². The van der Waals surface area contributed by atoms with Crippen LogP contribution >= 0.6 is 0 Å². The predicted molar refractivity (Wildman–Crippen MR) is 105 cm³/mol. The molecule has 6 heteroatoms. The minimum absolute atomic E-state index is 0.151. The van der Waals surface area contributed by atoms with Crippen molar-refractivity contribution in [2.45, 2.75) is 13.3 Å². The average molecular weight is 372 g/mol. The third-order valence-electron chi connectivity index (χ3n) is 5.07. The molecule has 3 heterocycles. The zero-order chi connectivity index (χ0) is 19.3. The summed E-state index contributed by atoms with van der Waals surface area (Å²) in [7, 11) is 0. The first-order valence-electron chi connectivity index (χ1n) is 9.15. The number of nitrogens with zero attached hydrogens (tertiary/aromatic N) is 3. The number of nitrogens with one attached hydrogen (secondary N) is 1. The molecule has 0 aliphatic carbocycles. The molecule has 2 aromatic heterocycles. The van der Waals surface area contributed by atoms with E-state index in [0.29, 0.717) is 24.2 Å². The second-order valence-corrected chi connectivity index (χ2v) is 6.85. The largest absolute Gasteiger partial charge is 0.352 e. The molecule has 0 saturated heterocycles. The monoisotopic (exact) mass is 372 g/mol.